The maximum absolute atomic E-state index is 12.7. The van der Waals surface area contributed by atoms with Crippen LogP contribution in [0.15, 0.2) is 59.4 Å². The first-order valence-corrected chi connectivity index (χ1v) is 8.48. The number of amides is 1. The Labute approximate surface area is 157 Å². The minimum Gasteiger partial charge on any atom is -0.493 e. The number of rotatable bonds is 7. The van der Waals surface area contributed by atoms with E-state index in [1.165, 1.54) is 0 Å². The van der Waals surface area contributed by atoms with Gasteiger partial charge >= 0.3 is 0 Å². The van der Waals surface area contributed by atoms with E-state index in [4.69, 9.17) is 14.0 Å². The van der Waals surface area contributed by atoms with E-state index >= 15 is 0 Å². The van der Waals surface area contributed by atoms with Gasteiger partial charge in [0, 0.05) is 25.5 Å². The van der Waals surface area contributed by atoms with Crippen molar-refractivity contribution in [3.63, 3.8) is 0 Å². The lowest BCUT2D eigenvalue weighted by Crippen LogP contribution is -2.29. The van der Waals surface area contributed by atoms with Gasteiger partial charge in [0.15, 0.2) is 23.0 Å². The third-order valence-corrected chi connectivity index (χ3v) is 4.29. The maximum Gasteiger partial charge on any atom is 0.276 e. The molecule has 0 bridgehead atoms. The van der Waals surface area contributed by atoms with Gasteiger partial charge in [0.25, 0.3) is 5.91 Å². The Morgan fingerprint density at radius 1 is 1.22 bits per heavy atom. The van der Waals surface area contributed by atoms with Gasteiger partial charge in [-0.15, -0.1) is 0 Å². The SMILES string of the molecule is COc1ccccc1OCc1cc(C(=O)N(C)[C@H](C)c2cccnc2)no1. The second kappa shape index (κ2) is 8.35. The summed E-state index contributed by atoms with van der Waals surface area (Å²) in [6.45, 7) is 2.07. The largest absolute Gasteiger partial charge is 0.493 e. The van der Waals surface area contributed by atoms with Crippen molar-refractivity contribution in [2.75, 3.05) is 14.2 Å². The molecule has 27 heavy (non-hydrogen) atoms. The van der Waals surface area contributed by atoms with E-state index in [0.717, 1.165) is 5.56 Å². The third-order valence-electron chi connectivity index (χ3n) is 4.29. The fourth-order valence-electron chi connectivity index (χ4n) is 2.57. The zero-order valence-electron chi connectivity index (χ0n) is 15.5. The topological polar surface area (TPSA) is 77.7 Å². The highest BCUT2D eigenvalue weighted by Crippen LogP contribution is 2.27. The van der Waals surface area contributed by atoms with Crippen LogP contribution in [0.4, 0.5) is 0 Å². The standard InChI is InChI=1S/C20H21N3O4/c1-14(15-7-6-10-21-12-15)23(2)20(24)17-11-16(27-22-17)13-26-19-9-5-4-8-18(19)25-3/h4-12,14H,13H2,1-3H3/t14-/m1/s1. The summed E-state index contributed by atoms with van der Waals surface area (Å²) in [5.41, 5.74) is 1.17. The van der Waals surface area contributed by atoms with Gasteiger partial charge in [-0.05, 0) is 30.7 Å². The summed E-state index contributed by atoms with van der Waals surface area (Å²) in [6.07, 6.45) is 3.44. The summed E-state index contributed by atoms with van der Waals surface area (Å²) in [7, 11) is 3.30. The summed E-state index contributed by atoms with van der Waals surface area (Å²) in [4.78, 5) is 18.4. The summed E-state index contributed by atoms with van der Waals surface area (Å²) in [5, 5.41) is 3.88. The molecule has 0 fully saturated rings. The minimum absolute atomic E-state index is 0.141. The second-order valence-electron chi connectivity index (χ2n) is 6.00. The molecule has 2 heterocycles. The van der Waals surface area contributed by atoms with Gasteiger partial charge < -0.3 is 18.9 Å². The van der Waals surface area contributed by atoms with Gasteiger partial charge in [0.2, 0.25) is 0 Å². The molecule has 140 valence electrons. The van der Waals surface area contributed by atoms with E-state index in [2.05, 4.69) is 10.1 Å². The van der Waals surface area contributed by atoms with Crippen molar-refractivity contribution in [2.45, 2.75) is 19.6 Å². The molecule has 0 saturated heterocycles. The second-order valence-corrected chi connectivity index (χ2v) is 6.00. The Bertz CT molecular complexity index is 895. The van der Waals surface area contributed by atoms with Crippen LogP contribution in [-0.2, 0) is 6.61 Å². The Kier molecular flexibility index (Phi) is 5.71. The van der Waals surface area contributed by atoms with Crippen LogP contribution in [-0.4, -0.2) is 35.1 Å². The van der Waals surface area contributed by atoms with Gasteiger partial charge in [0.05, 0.1) is 13.2 Å². The first kappa shape index (κ1) is 18.4. The lowest BCUT2D eigenvalue weighted by molar-refractivity contribution is 0.0731. The minimum atomic E-state index is -0.237. The monoisotopic (exact) mass is 367 g/mol. The highest BCUT2D eigenvalue weighted by molar-refractivity contribution is 5.92. The molecule has 0 radical (unpaired) electrons. The molecule has 0 spiro atoms. The Balaban J connectivity index is 1.65. The van der Waals surface area contributed by atoms with Gasteiger partial charge in [-0.2, -0.15) is 0 Å². The molecule has 3 aromatic rings. The van der Waals surface area contributed by atoms with Crippen LogP contribution < -0.4 is 9.47 Å². The smallest absolute Gasteiger partial charge is 0.276 e. The fraction of sp³-hybridized carbons (Fsp3) is 0.250. The molecular weight excluding hydrogens is 346 g/mol. The predicted molar refractivity (Wildman–Crippen MR) is 98.6 cm³/mol. The molecule has 1 amide bonds. The van der Waals surface area contributed by atoms with Crippen molar-refractivity contribution in [3.8, 4) is 11.5 Å². The van der Waals surface area contributed by atoms with Crippen LogP contribution in [0, 0.1) is 0 Å². The quantitative estimate of drug-likeness (QED) is 0.636. The number of ether oxygens (including phenoxy) is 2. The number of pyridine rings is 1. The molecule has 1 atom stereocenters. The average molecular weight is 367 g/mol. The average Bonchev–Trinajstić information content (AvgIpc) is 3.20. The van der Waals surface area contributed by atoms with E-state index in [1.54, 1.807) is 49.7 Å². The summed E-state index contributed by atoms with van der Waals surface area (Å²) in [5.74, 6) is 1.43. The number of nitrogens with zero attached hydrogens (tertiary/aromatic N) is 3. The van der Waals surface area contributed by atoms with E-state index in [-0.39, 0.29) is 24.2 Å². The molecule has 1 aromatic carbocycles. The van der Waals surface area contributed by atoms with Gasteiger partial charge in [0.1, 0.15) is 6.61 Å². The summed E-state index contributed by atoms with van der Waals surface area (Å²) < 4.78 is 16.2. The van der Waals surface area contributed by atoms with Crippen LogP contribution in [0.1, 0.15) is 34.8 Å². The van der Waals surface area contributed by atoms with E-state index < -0.39 is 0 Å². The first-order valence-electron chi connectivity index (χ1n) is 8.48. The number of methoxy groups -OCH3 is 1. The van der Waals surface area contributed by atoms with Gasteiger partial charge in [-0.1, -0.05) is 23.4 Å². The molecule has 0 aliphatic rings. The molecule has 2 aromatic heterocycles. The lowest BCUT2D eigenvalue weighted by Gasteiger charge is -2.24. The number of hydrogen-bond acceptors (Lipinski definition) is 6. The van der Waals surface area contributed by atoms with Crippen molar-refractivity contribution >= 4 is 5.91 Å². The van der Waals surface area contributed by atoms with Crippen LogP contribution >= 0.6 is 0 Å². The lowest BCUT2D eigenvalue weighted by atomic mass is 10.1. The van der Waals surface area contributed by atoms with Crippen molar-refractivity contribution in [1.82, 2.24) is 15.0 Å². The van der Waals surface area contributed by atoms with Crippen LogP contribution in [0.5, 0.6) is 11.5 Å². The van der Waals surface area contributed by atoms with Crippen molar-refractivity contribution < 1.29 is 18.8 Å². The summed E-state index contributed by atoms with van der Waals surface area (Å²) in [6, 6.07) is 12.5. The van der Waals surface area contributed by atoms with Crippen molar-refractivity contribution in [2.24, 2.45) is 0 Å². The van der Waals surface area contributed by atoms with Gasteiger partial charge in [-0.25, -0.2) is 0 Å². The maximum atomic E-state index is 12.7. The molecule has 0 aliphatic carbocycles. The van der Waals surface area contributed by atoms with Crippen LogP contribution in [0.3, 0.4) is 0 Å². The number of para-hydroxylation sites is 2. The zero-order valence-corrected chi connectivity index (χ0v) is 15.5. The molecular formula is C20H21N3O4. The predicted octanol–water partition coefficient (Wildman–Crippen LogP) is 3.49. The molecule has 0 N–H and O–H groups in total. The van der Waals surface area contributed by atoms with Gasteiger partial charge in [-0.3, -0.25) is 9.78 Å². The fourth-order valence-corrected chi connectivity index (χ4v) is 2.57. The Morgan fingerprint density at radius 3 is 2.70 bits per heavy atom. The number of hydrogen-bond donors (Lipinski definition) is 0. The zero-order chi connectivity index (χ0) is 19.2. The molecule has 0 saturated carbocycles. The molecule has 7 heteroatoms. The Hall–Kier alpha value is -3.35. The third kappa shape index (κ3) is 4.25. The number of carbonyl (C=O) groups excluding carboxylic acids is 1. The Morgan fingerprint density at radius 2 is 2.00 bits per heavy atom. The van der Waals surface area contributed by atoms with Crippen molar-refractivity contribution in [3.05, 3.63) is 71.9 Å². The van der Waals surface area contributed by atoms with Crippen LogP contribution in [0.25, 0.3) is 0 Å². The van der Waals surface area contributed by atoms with Crippen LogP contribution in [0.2, 0.25) is 0 Å². The highest BCUT2D eigenvalue weighted by Gasteiger charge is 2.22. The van der Waals surface area contributed by atoms with E-state index in [1.807, 2.05) is 31.2 Å². The molecule has 3 rings (SSSR count). The van der Waals surface area contributed by atoms with E-state index in [0.29, 0.717) is 17.3 Å². The van der Waals surface area contributed by atoms with E-state index in [9.17, 15) is 4.79 Å². The number of benzene rings is 1. The normalized spacial score (nSPS) is 11.7. The van der Waals surface area contributed by atoms with Crippen molar-refractivity contribution in [1.29, 1.82) is 0 Å². The molecule has 0 aliphatic heterocycles. The number of carbonyl (C=O) groups is 1. The first-order chi connectivity index (χ1) is 13.1. The highest BCUT2D eigenvalue weighted by atomic mass is 16.5. The summed E-state index contributed by atoms with van der Waals surface area (Å²) >= 11 is 0. The molecule has 0 unspecified atom stereocenters. The number of aromatic nitrogens is 2. The molecule has 7 nitrogen and oxygen atoms in total.